The monoisotopic (exact) mass is 258 g/mol. The highest BCUT2D eigenvalue weighted by atomic mass is 16.4. The van der Waals surface area contributed by atoms with E-state index in [0.717, 1.165) is 24.3 Å². The summed E-state index contributed by atoms with van der Waals surface area (Å²) in [4.78, 5) is 17.9. The van der Waals surface area contributed by atoms with Crippen LogP contribution in [0.15, 0.2) is 12.3 Å². The lowest BCUT2D eigenvalue weighted by Crippen LogP contribution is -2.39. The molecule has 1 saturated carbocycles. The smallest absolute Gasteiger partial charge is 0.355 e. The van der Waals surface area contributed by atoms with Crippen LogP contribution in [0.1, 0.15) is 35.3 Å². The van der Waals surface area contributed by atoms with E-state index in [1.54, 1.807) is 16.8 Å². The highest BCUT2D eigenvalue weighted by Gasteiger charge is 2.35. The highest BCUT2D eigenvalue weighted by Crippen LogP contribution is 2.37. The molecule has 0 atom stereocenters. The van der Waals surface area contributed by atoms with Gasteiger partial charge < -0.3 is 10.0 Å². The molecule has 1 aliphatic heterocycles. The van der Waals surface area contributed by atoms with Crippen molar-refractivity contribution in [3.63, 3.8) is 0 Å². The van der Waals surface area contributed by atoms with Gasteiger partial charge in [-0.3, -0.25) is 0 Å². The predicted molar refractivity (Wildman–Crippen MR) is 68.6 cm³/mol. The Kier molecular flexibility index (Phi) is 2.09. The van der Waals surface area contributed by atoms with Crippen LogP contribution < -0.4 is 4.90 Å². The van der Waals surface area contributed by atoms with Gasteiger partial charge >= 0.3 is 5.97 Å². The van der Waals surface area contributed by atoms with Crippen LogP contribution in [-0.4, -0.2) is 38.3 Å². The molecule has 1 N–H and O–H groups in total. The van der Waals surface area contributed by atoms with E-state index in [9.17, 15) is 9.90 Å². The Labute approximate surface area is 109 Å². The third-order valence-electron chi connectivity index (χ3n) is 4.20. The van der Waals surface area contributed by atoms with Gasteiger partial charge in [0.15, 0.2) is 11.3 Å². The Balaban J connectivity index is 1.96. The summed E-state index contributed by atoms with van der Waals surface area (Å²) < 4.78 is 1.78. The SMILES string of the molecule is O=C(O)c1nc2ccnn2c2c1CCN2C1CCC1. The van der Waals surface area contributed by atoms with Crippen molar-refractivity contribution in [2.45, 2.75) is 31.7 Å². The van der Waals surface area contributed by atoms with Crippen LogP contribution in [0.3, 0.4) is 0 Å². The first-order valence-corrected chi connectivity index (χ1v) is 6.62. The topological polar surface area (TPSA) is 70.7 Å². The van der Waals surface area contributed by atoms with E-state index in [4.69, 9.17) is 0 Å². The van der Waals surface area contributed by atoms with E-state index >= 15 is 0 Å². The number of aromatic carboxylic acids is 1. The second-order valence-electron chi connectivity index (χ2n) is 5.20. The molecule has 1 aliphatic carbocycles. The lowest BCUT2D eigenvalue weighted by Gasteiger charge is -2.36. The van der Waals surface area contributed by atoms with Gasteiger partial charge in [-0.25, -0.2) is 9.78 Å². The summed E-state index contributed by atoms with van der Waals surface area (Å²) in [5.41, 5.74) is 1.63. The molecule has 6 nitrogen and oxygen atoms in total. The van der Waals surface area contributed by atoms with E-state index in [-0.39, 0.29) is 5.69 Å². The molecule has 1 fully saturated rings. The maximum atomic E-state index is 11.4. The molecule has 2 aliphatic rings. The molecule has 0 amide bonds. The van der Waals surface area contributed by atoms with E-state index in [1.807, 2.05) is 0 Å². The van der Waals surface area contributed by atoms with E-state index in [0.29, 0.717) is 11.7 Å². The quantitative estimate of drug-likeness (QED) is 0.880. The number of hydrogen-bond donors (Lipinski definition) is 1. The van der Waals surface area contributed by atoms with Gasteiger partial charge in [0, 0.05) is 24.2 Å². The Morgan fingerprint density at radius 2 is 2.26 bits per heavy atom. The van der Waals surface area contributed by atoms with E-state index < -0.39 is 5.97 Å². The van der Waals surface area contributed by atoms with Crippen molar-refractivity contribution >= 4 is 17.4 Å². The van der Waals surface area contributed by atoms with Gasteiger partial charge in [-0.2, -0.15) is 9.61 Å². The molecular formula is C13H14N4O2. The number of carboxylic acids is 1. The summed E-state index contributed by atoms with van der Waals surface area (Å²) in [6.07, 6.45) is 6.05. The van der Waals surface area contributed by atoms with E-state index in [2.05, 4.69) is 15.0 Å². The highest BCUT2D eigenvalue weighted by molar-refractivity contribution is 5.90. The summed E-state index contributed by atoms with van der Waals surface area (Å²) in [5, 5.41) is 13.6. The summed E-state index contributed by atoms with van der Waals surface area (Å²) in [6.45, 7) is 0.876. The first kappa shape index (κ1) is 10.8. The van der Waals surface area contributed by atoms with Gasteiger partial charge in [0.25, 0.3) is 0 Å². The molecule has 0 radical (unpaired) electrons. The normalized spacial score (nSPS) is 18.6. The molecule has 0 aromatic carbocycles. The fourth-order valence-electron chi connectivity index (χ4n) is 3.05. The van der Waals surface area contributed by atoms with Gasteiger partial charge in [-0.05, 0) is 25.7 Å². The third-order valence-corrected chi connectivity index (χ3v) is 4.20. The Morgan fingerprint density at radius 1 is 1.42 bits per heavy atom. The number of hydrogen-bond acceptors (Lipinski definition) is 4. The van der Waals surface area contributed by atoms with Crippen molar-refractivity contribution in [3.05, 3.63) is 23.5 Å². The molecule has 0 unspecified atom stereocenters. The molecule has 2 aromatic heterocycles. The maximum Gasteiger partial charge on any atom is 0.355 e. The lowest BCUT2D eigenvalue weighted by atomic mass is 9.92. The number of anilines is 1. The molecule has 98 valence electrons. The third kappa shape index (κ3) is 1.39. The number of carboxylic acid groups (broad SMARTS) is 1. The molecule has 0 bridgehead atoms. The zero-order chi connectivity index (χ0) is 13.0. The molecule has 6 heteroatoms. The van der Waals surface area contributed by atoms with Crippen LogP contribution in [0.4, 0.5) is 5.82 Å². The number of nitrogens with zero attached hydrogens (tertiary/aromatic N) is 4. The molecule has 3 heterocycles. The summed E-state index contributed by atoms with van der Waals surface area (Å²) in [6, 6.07) is 2.29. The number of aromatic nitrogens is 3. The summed E-state index contributed by atoms with van der Waals surface area (Å²) in [5.74, 6) is -0.00694. The zero-order valence-corrected chi connectivity index (χ0v) is 10.4. The van der Waals surface area contributed by atoms with Crippen molar-refractivity contribution < 1.29 is 9.90 Å². The first-order valence-electron chi connectivity index (χ1n) is 6.62. The van der Waals surface area contributed by atoms with Crippen molar-refractivity contribution in [2.24, 2.45) is 0 Å². The zero-order valence-electron chi connectivity index (χ0n) is 10.4. The molecule has 0 saturated heterocycles. The van der Waals surface area contributed by atoms with Crippen LogP contribution in [0, 0.1) is 0 Å². The average Bonchev–Trinajstić information content (AvgIpc) is 2.91. The fraction of sp³-hybridized carbons (Fsp3) is 0.462. The molecule has 0 spiro atoms. The van der Waals surface area contributed by atoms with Gasteiger partial charge in [-0.1, -0.05) is 0 Å². The summed E-state index contributed by atoms with van der Waals surface area (Å²) >= 11 is 0. The predicted octanol–water partition coefficient (Wildman–Crippen LogP) is 1.34. The van der Waals surface area contributed by atoms with Gasteiger partial charge in [0.2, 0.25) is 0 Å². The minimum atomic E-state index is -0.949. The van der Waals surface area contributed by atoms with E-state index in [1.165, 1.54) is 19.3 Å². The van der Waals surface area contributed by atoms with Crippen molar-refractivity contribution in [1.82, 2.24) is 14.6 Å². The Morgan fingerprint density at radius 3 is 2.95 bits per heavy atom. The van der Waals surface area contributed by atoms with Gasteiger partial charge in [0.05, 0.1) is 6.20 Å². The van der Waals surface area contributed by atoms with Crippen molar-refractivity contribution in [3.8, 4) is 0 Å². The van der Waals surface area contributed by atoms with Crippen LogP contribution in [0.5, 0.6) is 0 Å². The molecule has 19 heavy (non-hydrogen) atoms. The Bertz CT molecular complexity index is 675. The standard InChI is InChI=1S/C13H14N4O2/c18-13(19)11-9-5-7-16(8-2-1-3-8)12(9)17-10(15-11)4-6-14-17/h4,6,8H,1-3,5,7H2,(H,18,19). The second-order valence-corrected chi connectivity index (χ2v) is 5.20. The minimum Gasteiger partial charge on any atom is -0.476 e. The molecular weight excluding hydrogens is 244 g/mol. The van der Waals surface area contributed by atoms with Gasteiger partial charge in [-0.15, -0.1) is 0 Å². The van der Waals surface area contributed by atoms with Crippen LogP contribution >= 0.6 is 0 Å². The Hall–Kier alpha value is -2.11. The first-order chi connectivity index (χ1) is 9.25. The number of carbonyl (C=O) groups is 1. The minimum absolute atomic E-state index is 0.185. The largest absolute Gasteiger partial charge is 0.476 e. The number of fused-ring (bicyclic) bond motifs is 3. The molecule has 4 rings (SSSR count). The average molecular weight is 258 g/mol. The summed E-state index contributed by atoms with van der Waals surface area (Å²) in [7, 11) is 0. The van der Waals surface area contributed by atoms with Crippen molar-refractivity contribution in [2.75, 3.05) is 11.4 Å². The second kappa shape index (κ2) is 3.69. The number of rotatable bonds is 2. The fourth-order valence-corrected chi connectivity index (χ4v) is 3.05. The van der Waals surface area contributed by atoms with Crippen LogP contribution in [0.2, 0.25) is 0 Å². The van der Waals surface area contributed by atoms with Crippen LogP contribution in [0.25, 0.3) is 5.65 Å². The van der Waals surface area contributed by atoms with Gasteiger partial charge in [0.1, 0.15) is 5.82 Å². The van der Waals surface area contributed by atoms with Crippen LogP contribution in [-0.2, 0) is 6.42 Å². The molecule has 2 aromatic rings. The lowest BCUT2D eigenvalue weighted by molar-refractivity contribution is 0.0689. The maximum absolute atomic E-state index is 11.4. The van der Waals surface area contributed by atoms with Crippen molar-refractivity contribution in [1.29, 1.82) is 0 Å².